The van der Waals surface area contributed by atoms with Gasteiger partial charge < -0.3 is 10.1 Å². The van der Waals surface area contributed by atoms with Gasteiger partial charge in [-0.05, 0) is 6.92 Å². The van der Waals surface area contributed by atoms with Gasteiger partial charge in [0.25, 0.3) is 0 Å². The smallest absolute Gasteiger partial charge is 0.245 e. The van der Waals surface area contributed by atoms with Crippen LogP contribution in [0.5, 0.6) is 0 Å². The van der Waals surface area contributed by atoms with Crippen LogP contribution in [-0.4, -0.2) is 26.2 Å². The number of hydrogen-bond acceptors (Lipinski definition) is 2. The molecule has 1 amide bonds. The van der Waals surface area contributed by atoms with Crippen molar-refractivity contribution in [3.63, 3.8) is 0 Å². The minimum atomic E-state index is -0.0931. The summed E-state index contributed by atoms with van der Waals surface area (Å²) in [5, 5.41) is 2.45. The van der Waals surface area contributed by atoms with Gasteiger partial charge >= 0.3 is 0 Å². The average Bonchev–Trinajstić information content (AvgIpc) is 1.98. The van der Waals surface area contributed by atoms with Crippen molar-refractivity contribution in [2.75, 3.05) is 20.3 Å². The Hall–Kier alpha value is -0.830. The van der Waals surface area contributed by atoms with Gasteiger partial charge in [-0.2, -0.15) is 0 Å². The van der Waals surface area contributed by atoms with Crippen LogP contribution >= 0.6 is 0 Å². The topological polar surface area (TPSA) is 38.3 Å². The van der Waals surface area contributed by atoms with E-state index in [0.717, 1.165) is 0 Å². The van der Waals surface area contributed by atoms with Crippen LogP contribution in [0.4, 0.5) is 0 Å². The lowest BCUT2D eigenvalue weighted by Gasteiger charge is -1.97. The van der Waals surface area contributed by atoms with E-state index < -0.39 is 0 Å². The first-order valence-corrected chi connectivity index (χ1v) is 3.20. The van der Waals surface area contributed by atoms with Crippen molar-refractivity contribution in [1.82, 2.24) is 5.32 Å². The zero-order chi connectivity index (χ0) is 7.82. The minimum Gasteiger partial charge on any atom is -0.368 e. The van der Waals surface area contributed by atoms with Gasteiger partial charge in [0, 0.05) is 7.05 Å². The molecule has 3 heteroatoms. The van der Waals surface area contributed by atoms with Crippen molar-refractivity contribution in [1.29, 1.82) is 0 Å². The minimum absolute atomic E-state index is 0.0931. The number of hydrogen-bond donors (Lipinski definition) is 1. The molecule has 0 saturated heterocycles. The van der Waals surface area contributed by atoms with E-state index in [9.17, 15) is 4.79 Å². The summed E-state index contributed by atoms with van der Waals surface area (Å²) in [7, 11) is 1.58. The maximum atomic E-state index is 10.5. The Labute approximate surface area is 61.1 Å². The Morgan fingerprint density at radius 1 is 1.70 bits per heavy atom. The van der Waals surface area contributed by atoms with E-state index in [1.165, 1.54) is 0 Å². The largest absolute Gasteiger partial charge is 0.368 e. The fourth-order valence-corrected chi connectivity index (χ4v) is 0.388. The number of carbonyl (C=O) groups is 1. The number of rotatable bonds is 4. The van der Waals surface area contributed by atoms with E-state index in [1.807, 2.05) is 19.1 Å². The second kappa shape index (κ2) is 6.29. The first kappa shape index (κ1) is 9.17. The van der Waals surface area contributed by atoms with Crippen LogP contribution in [0.1, 0.15) is 6.92 Å². The number of likely N-dealkylation sites (N-methyl/N-ethyl adjacent to an activating group) is 1. The van der Waals surface area contributed by atoms with E-state index in [4.69, 9.17) is 4.74 Å². The van der Waals surface area contributed by atoms with Gasteiger partial charge in [-0.1, -0.05) is 12.2 Å². The van der Waals surface area contributed by atoms with Gasteiger partial charge in [0.05, 0.1) is 6.61 Å². The molecule has 58 valence electrons. The number of ether oxygens (including phenoxy) is 1. The SMILES string of the molecule is C/C=C/COCC(=O)NC. The van der Waals surface area contributed by atoms with Crippen molar-refractivity contribution in [2.24, 2.45) is 0 Å². The molecule has 0 aromatic heterocycles. The fourth-order valence-electron chi connectivity index (χ4n) is 0.388. The molecule has 10 heavy (non-hydrogen) atoms. The van der Waals surface area contributed by atoms with E-state index in [2.05, 4.69) is 5.32 Å². The zero-order valence-electron chi connectivity index (χ0n) is 6.39. The highest BCUT2D eigenvalue weighted by Crippen LogP contribution is 1.76. The summed E-state index contributed by atoms with van der Waals surface area (Å²) in [4.78, 5) is 10.5. The zero-order valence-corrected chi connectivity index (χ0v) is 6.39. The van der Waals surface area contributed by atoms with Gasteiger partial charge in [0.15, 0.2) is 0 Å². The number of amides is 1. The Morgan fingerprint density at radius 2 is 2.40 bits per heavy atom. The summed E-state index contributed by atoms with van der Waals surface area (Å²) in [6, 6.07) is 0. The lowest BCUT2D eigenvalue weighted by Crippen LogP contribution is -2.23. The Balaban J connectivity index is 3.11. The van der Waals surface area contributed by atoms with Crippen molar-refractivity contribution in [3.05, 3.63) is 12.2 Å². The molecule has 0 fully saturated rings. The maximum absolute atomic E-state index is 10.5. The van der Waals surface area contributed by atoms with Crippen molar-refractivity contribution < 1.29 is 9.53 Å². The fraction of sp³-hybridized carbons (Fsp3) is 0.571. The molecule has 0 spiro atoms. The molecule has 0 aliphatic carbocycles. The molecule has 0 aliphatic heterocycles. The van der Waals surface area contributed by atoms with E-state index in [0.29, 0.717) is 6.61 Å². The first-order valence-electron chi connectivity index (χ1n) is 3.20. The summed E-state index contributed by atoms with van der Waals surface area (Å²) in [5.41, 5.74) is 0. The molecule has 0 radical (unpaired) electrons. The lowest BCUT2D eigenvalue weighted by molar-refractivity contribution is -0.124. The highest BCUT2D eigenvalue weighted by Gasteiger charge is 1.93. The van der Waals surface area contributed by atoms with Crippen LogP contribution in [0.3, 0.4) is 0 Å². The average molecular weight is 143 g/mol. The number of nitrogens with one attached hydrogen (secondary N) is 1. The van der Waals surface area contributed by atoms with E-state index in [-0.39, 0.29) is 12.5 Å². The normalized spacial score (nSPS) is 10.2. The van der Waals surface area contributed by atoms with Crippen LogP contribution in [0.15, 0.2) is 12.2 Å². The Morgan fingerprint density at radius 3 is 2.90 bits per heavy atom. The predicted molar refractivity (Wildman–Crippen MR) is 39.7 cm³/mol. The predicted octanol–water partition coefficient (Wildman–Crippen LogP) is 0.325. The molecule has 0 saturated carbocycles. The van der Waals surface area contributed by atoms with Gasteiger partial charge in [0.2, 0.25) is 5.91 Å². The molecular formula is C7H13NO2. The summed E-state index contributed by atoms with van der Waals surface area (Å²) in [6.07, 6.45) is 3.73. The lowest BCUT2D eigenvalue weighted by atomic mass is 10.5. The molecular weight excluding hydrogens is 130 g/mol. The summed E-state index contributed by atoms with van der Waals surface area (Å²) in [5.74, 6) is -0.0931. The third-order valence-electron chi connectivity index (χ3n) is 0.962. The van der Waals surface area contributed by atoms with Gasteiger partial charge in [-0.15, -0.1) is 0 Å². The van der Waals surface area contributed by atoms with Crippen LogP contribution < -0.4 is 5.32 Å². The molecule has 1 N–H and O–H groups in total. The standard InChI is InChI=1S/C7H13NO2/c1-3-4-5-10-6-7(9)8-2/h3-4H,5-6H2,1-2H3,(H,8,9)/b4-3+. The summed E-state index contributed by atoms with van der Waals surface area (Å²) < 4.78 is 4.93. The monoisotopic (exact) mass is 143 g/mol. The third kappa shape index (κ3) is 5.31. The third-order valence-corrected chi connectivity index (χ3v) is 0.962. The molecule has 0 aromatic carbocycles. The maximum Gasteiger partial charge on any atom is 0.245 e. The second-order valence-electron chi connectivity index (χ2n) is 1.76. The quantitative estimate of drug-likeness (QED) is 0.455. The number of allylic oxidation sites excluding steroid dienone is 1. The van der Waals surface area contributed by atoms with Gasteiger partial charge in [-0.3, -0.25) is 4.79 Å². The molecule has 0 rings (SSSR count). The summed E-state index contributed by atoms with van der Waals surface area (Å²) in [6.45, 7) is 2.55. The van der Waals surface area contributed by atoms with Crippen molar-refractivity contribution in [3.8, 4) is 0 Å². The molecule has 0 heterocycles. The number of carbonyl (C=O) groups excluding carboxylic acids is 1. The van der Waals surface area contributed by atoms with Gasteiger partial charge in [0.1, 0.15) is 6.61 Å². The molecule has 0 unspecified atom stereocenters. The molecule has 3 nitrogen and oxygen atoms in total. The molecule has 0 atom stereocenters. The van der Waals surface area contributed by atoms with Crippen LogP contribution in [0.25, 0.3) is 0 Å². The summed E-state index contributed by atoms with van der Waals surface area (Å²) >= 11 is 0. The van der Waals surface area contributed by atoms with E-state index >= 15 is 0 Å². The molecule has 0 bridgehead atoms. The van der Waals surface area contributed by atoms with E-state index in [1.54, 1.807) is 7.05 Å². The van der Waals surface area contributed by atoms with Crippen molar-refractivity contribution in [2.45, 2.75) is 6.92 Å². The van der Waals surface area contributed by atoms with Crippen LogP contribution in [-0.2, 0) is 9.53 Å². The first-order chi connectivity index (χ1) is 4.81. The van der Waals surface area contributed by atoms with Crippen molar-refractivity contribution >= 4 is 5.91 Å². The van der Waals surface area contributed by atoms with Crippen LogP contribution in [0.2, 0.25) is 0 Å². The highest BCUT2D eigenvalue weighted by molar-refractivity contribution is 5.76. The highest BCUT2D eigenvalue weighted by atomic mass is 16.5. The van der Waals surface area contributed by atoms with Gasteiger partial charge in [-0.25, -0.2) is 0 Å². The Bertz CT molecular complexity index is 121. The second-order valence-corrected chi connectivity index (χ2v) is 1.76. The molecule has 0 aliphatic rings. The molecule has 0 aromatic rings. The Kier molecular flexibility index (Phi) is 5.77. The van der Waals surface area contributed by atoms with Crippen LogP contribution in [0, 0.1) is 0 Å².